The number of methoxy groups -OCH3 is 1. The van der Waals surface area contributed by atoms with Crippen molar-refractivity contribution in [3.05, 3.63) is 0 Å². The van der Waals surface area contributed by atoms with Crippen LogP contribution in [0.1, 0.15) is 25.7 Å². The maximum absolute atomic E-state index is 11.5. The van der Waals surface area contributed by atoms with Crippen LogP contribution in [0.2, 0.25) is 0 Å². The third-order valence-electron chi connectivity index (χ3n) is 2.64. The van der Waals surface area contributed by atoms with Gasteiger partial charge >= 0.3 is 5.97 Å². The molecule has 0 aliphatic heterocycles. The van der Waals surface area contributed by atoms with Gasteiger partial charge in [-0.3, -0.25) is 9.59 Å². The fourth-order valence-electron chi connectivity index (χ4n) is 1.73. The highest BCUT2D eigenvalue weighted by Crippen LogP contribution is 2.24. The molecule has 0 saturated heterocycles. The molecule has 1 aliphatic carbocycles. The van der Waals surface area contributed by atoms with Gasteiger partial charge in [-0.1, -0.05) is 12.8 Å². The molecule has 0 aromatic heterocycles. The summed E-state index contributed by atoms with van der Waals surface area (Å²) in [6, 6.07) is 0. The lowest BCUT2D eigenvalue weighted by Gasteiger charge is -2.12. The van der Waals surface area contributed by atoms with Gasteiger partial charge in [0.05, 0.1) is 7.11 Å². The van der Waals surface area contributed by atoms with Gasteiger partial charge in [0.25, 0.3) is 0 Å². The summed E-state index contributed by atoms with van der Waals surface area (Å²) in [5, 5.41) is 1.88. The molecule has 1 amide bonds. The van der Waals surface area contributed by atoms with Crippen LogP contribution in [-0.4, -0.2) is 30.9 Å². The standard InChI is InChI=1S/C10H16ClNO3/c1-15-10(14)8(11)6-12-9(13)7-4-2-3-5-7/h7-8H,2-6H2,1H3,(H,12,13). The highest BCUT2D eigenvalue weighted by molar-refractivity contribution is 6.30. The van der Waals surface area contributed by atoms with Crippen molar-refractivity contribution >= 4 is 23.5 Å². The highest BCUT2D eigenvalue weighted by Gasteiger charge is 2.24. The van der Waals surface area contributed by atoms with Gasteiger partial charge in [-0.15, -0.1) is 11.6 Å². The van der Waals surface area contributed by atoms with E-state index in [9.17, 15) is 9.59 Å². The van der Waals surface area contributed by atoms with Gasteiger partial charge in [0.2, 0.25) is 5.91 Å². The second kappa shape index (κ2) is 5.95. The summed E-state index contributed by atoms with van der Waals surface area (Å²) in [5.41, 5.74) is 0. The van der Waals surface area contributed by atoms with Crippen molar-refractivity contribution in [1.82, 2.24) is 5.32 Å². The largest absolute Gasteiger partial charge is 0.468 e. The smallest absolute Gasteiger partial charge is 0.325 e. The highest BCUT2D eigenvalue weighted by atomic mass is 35.5. The monoisotopic (exact) mass is 233 g/mol. The van der Waals surface area contributed by atoms with E-state index in [1.54, 1.807) is 0 Å². The lowest BCUT2D eigenvalue weighted by atomic mass is 10.1. The van der Waals surface area contributed by atoms with Crippen LogP contribution in [0.5, 0.6) is 0 Å². The van der Waals surface area contributed by atoms with E-state index in [-0.39, 0.29) is 18.4 Å². The molecule has 1 atom stereocenters. The molecule has 5 heteroatoms. The van der Waals surface area contributed by atoms with Crippen LogP contribution >= 0.6 is 11.6 Å². The molecule has 15 heavy (non-hydrogen) atoms. The van der Waals surface area contributed by atoms with Crippen LogP contribution in [-0.2, 0) is 14.3 Å². The summed E-state index contributed by atoms with van der Waals surface area (Å²) in [4.78, 5) is 22.5. The number of amides is 1. The molecule has 86 valence electrons. The van der Waals surface area contributed by atoms with Crippen molar-refractivity contribution in [1.29, 1.82) is 0 Å². The number of halogens is 1. The zero-order chi connectivity index (χ0) is 11.3. The molecule has 0 aromatic carbocycles. The second-order valence-corrected chi connectivity index (χ2v) is 4.24. The van der Waals surface area contributed by atoms with Gasteiger partial charge in [-0.2, -0.15) is 0 Å². The Labute approximate surface area is 94.3 Å². The predicted molar refractivity (Wildman–Crippen MR) is 56.6 cm³/mol. The van der Waals surface area contributed by atoms with E-state index in [2.05, 4.69) is 10.1 Å². The number of ether oxygens (including phenoxy) is 1. The van der Waals surface area contributed by atoms with E-state index < -0.39 is 11.3 Å². The lowest BCUT2D eigenvalue weighted by molar-refractivity contribution is -0.140. The average molecular weight is 234 g/mol. The third kappa shape index (κ3) is 3.70. The number of esters is 1. The summed E-state index contributed by atoms with van der Waals surface area (Å²) in [7, 11) is 1.27. The Balaban J connectivity index is 2.24. The van der Waals surface area contributed by atoms with E-state index in [4.69, 9.17) is 11.6 Å². The molecule has 0 radical (unpaired) electrons. The zero-order valence-electron chi connectivity index (χ0n) is 8.79. The number of carbonyl (C=O) groups excluding carboxylic acids is 2. The zero-order valence-corrected chi connectivity index (χ0v) is 9.55. The second-order valence-electron chi connectivity index (χ2n) is 3.72. The van der Waals surface area contributed by atoms with Gasteiger partial charge in [-0.25, -0.2) is 0 Å². The normalized spacial score (nSPS) is 18.5. The van der Waals surface area contributed by atoms with Crippen LogP contribution in [0.3, 0.4) is 0 Å². The maximum atomic E-state index is 11.5. The fourth-order valence-corrected chi connectivity index (χ4v) is 1.90. The van der Waals surface area contributed by atoms with Crippen molar-refractivity contribution in [3.63, 3.8) is 0 Å². The minimum Gasteiger partial charge on any atom is -0.468 e. The summed E-state index contributed by atoms with van der Waals surface area (Å²) < 4.78 is 4.45. The van der Waals surface area contributed by atoms with E-state index in [1.807, 2.05) is 0 Å². The van der Waals surface area contributed by atoms with Gasteiger partial charge in [0, 0.05) is 12.5 Å². The van der Waals surface area contributed by atoms with Crippen molar-refractivity contribution in [2.75, 3.05) is 13.7 Å². The van der Waals surface area contributed by atoms with Crippen molar-refractivity contribution < 1.29 is 14.3 Å². The molecule has 4 nitrogen and oxygen atoms in total. The van der Waals surface area contributed by atoms with Crippen LogP contribution in [0.4, 0.5) is 0 Å². The number of carbonyl (C=O) groups is 2. The summed E-state index contributed by atoms with van der Waals surface area (Å²) in [6.07, 6.45) is 4.10. The molecule has 1 saturated carbocycles. The van der Waals surface area contributed by atoms with E-state index in [0.29, 0.717) is 0 Å². The Kier molecular flexibility index (Phi) is 4.88. The first-order valence-corrected chi connectivity index (χ1v) is 5.58. The molecule has 0 aromatic rings. The first-order chi connectivity index (χ1) is 7.15. The Morgan fingerprint density at radius 3 is 2.60 bits per heavy atom. The summed E-state index contributed by atoms with van der Waals surface area (Å²) >= 11 is 5.69. The van der Waals surface area contributed by atoms with Crippen LogP contribution < -0.4 is 5.32 Å². The molecule has 0 bridgehead atoms. The Hall–Kier alpha value is -0.770. The summed E-state index contributed by atoms with van der Waals surface area (Å²) in [6.45, 7) is 0.142. The van der Waals surface area contributed by atoms with Gasteiger partial charge in [-0.05, 0) is 12.8 Å². The van der Waals surface area contributed by atoms with Crippen LogP contribution in [0.25, 0.3) is 0 Å². The van der Waals surface area contributed by atoms with Crippen molar-refractivity contribution in [2.45, 2.75) is 31.1 Å². The Bertz CT molecular complexity index is 239. The molecule has 1 aliphatic rings. The third-order valence-corrected chi connectivity index (χ3v) is 2.97. The topological polar surface area (TPSA) is 55.4 Å². The van der Waals surface area contributed by atoms with E-state index in [0.717, 1.165) is 25.7 Å². The number of hydrogen-bond donors (Lipinski definition) is 1. The van der Waals surface area contributed by atoms with Crippen molar-refractivity contribution in [3.8, 4) is 0 Å². The number of hydrogen-bond acceptors (Lipinski definition) is 3. The molecule has 1 N–H and O–H groups in total. The molecular weight excluding hydrogens is 218 g/mol. The molecule has 0 heterocycles. The molecule has 1 fully saturated rings. The minimum atomic E-state index is -0.791. The minimum absolute atomic E-state index is 0.00190. The van der Waals surface area contributed by atoms with Gasteiger partial charge in [0.15, 0.2) is 0 Å². The van der Waals surface area contributed by atoms with E-state index in [1.165, 1.54) is 7.11 Å². The molecular formula is C10H16ClNO3. The average Bonchev–Trinajstić information content (AvgIpc) is 2.77. The number of rotatable bonds is 4. The molecule has 1 unspecified atom stereocenters. The quantitative estimate of drug-likeness (QED) is 0.584. The summed E-state index contributed by atoms with van der Waals surface area (Å²) in [5.74, 6) is -0.406. The fraction of sp³-hybridized carbons (Fsp3) is 0.800. The number of alkyl halides is 1. The Morgan fingerprint density at radius 1 is 1.47 bits per heavy atom. The molecule has 1 rings (SSSR count). The lowest BCUT2D eigenvalue weighted by Crippen LogP contribution is -2.37. The van der Waals surface area contributed by atoms with Crippen LogP contribution in [0, 0.1) is 5.92 Å². The maximum Gasteiger partial charge on any atom is 0.325 e. The molecule has 0 spiro atoms. The van der Waals surface area contributed by atoms with Crippen molar-refractivity contribution in [2.24, 2.45) is 5.92 Å². The van der Waals surface area contributed by atoms with Crippen LogP contribution in [0.15, 0.2) is 0 Å². The first-order valence-electron chi connectivity index (χ1n) is 5.14. The SMILES string of the molecule is COC(=O)C(Cl)CNC(=O)C1CCCC1. The number of nitrogens with one attached hydrogen (secondary N) is 1. The van der Waals surface area contributed by atoms with E-state index >= 15 is 0 Å². The Morgan fingerprint density at radius 2 is 2.07 bits per heavy atom. The first kappa shape index (κ1) is 12.3. The van der Waals surface area contributed by atoms with Gasteiger partial charge < -0.3 is 10.1 Å². The van der Waals surface area contributed by atoms with Gasteiger partial charge in [0.1, 0.15) is 5.38 Å². The predicted octanol–water partition coefficient (Wildman–Crippen LogP) is 1.07.